The lowest BCUT2D eigenvalue weighted by atomic mass is 10.1. The zero-order valence-corrected chi connectivity index (χ0v) is 6.42. The molecule has 3 heteroatoms. The van der Waals surface area contributed by atoms with Crippen LogP contribution in [0.2, 0.25) is 0 Å². The first kappa shape index (κ1) is 6.58. The molecule has 1 saturated carbocycles. The van der Waals surface area contributed by atoms with Crippen LogP contribution in [0.15, 0.2) is 16.9 Å². The van der Waals surface area contributed by atoms with E-state index >= 15 is 0 Å². The molecule has 0 saturated heterocycles. The number of H-pyrrole nitrogens is 1. The molecule has 11 heavy (non-hydrogen) atoms. The van der Waals surface area contributed by atoms with Crippen LogP contribution in [0.25, 0.3) is 0 Å². The molecule has 0 amide bonds. The van der Waals surface area contributed by atoms with Gasteiger partial charge in [-0.15, -0.1) is 0 Å². The van der Waals surface area contributed by atoms with E-state index in [4.69, 9.17) is 0 Å². The Morgan fingerprint density at radius 3 is 2.73 bits per heavy atom. The smallest absolute Gasteiger partial charge is 0.264 e. The van der Waals surface area contributed by atoms with E-state index < -0.39 is 0 Å². The van der Waals surface area contributed by atoms with Crippen LogP contribution >= 0.6 is 0 Å². The summed E-state index contributed by atoms with van der Waals surface area (Å²) in [4.78, 5) is 10.7. The van der Waals surface area contributed by atoms with Crippen LogP contribution in [-0.2, 0) is 5.41 Å². The molecule has 1 aliphatic rings. The maximum absolute atomic E-state index is 10.7. The zero-order chi connectivity index (χ0) is 7.90. The van der Waals surface area contributed by atoms with E-state index in [1.165, 1.54) is 18.9 Å². The Kier molecular flexibility index (Phi) is 1.16. The molecule has 0 aromatic carbocycles. The Balaban J connectivity index is 2.40. The van der Waals surface area contributed by atoms with E-state index in [0.29, 0.717) is 0 Å². The highest BCUT2D eigenvalue weighted by Gasteiger charge is 2.40. The van der Waals surface area contributed by atoms with E-state index in [-0.39, 0.29) is 11.0 Å². The van der Waals surface area contributed by atoms with Gasteiger partial charge in [0.15, 0.2) is 0 Å². The molecular formula is C8H10N2O. The van der Waals surface area contributed by atoms with Crippen molar-refractivity contribution in [1.82, 2.24) is 10.2 Å². The second-order valence-electron chi connectivity index (χ2n) is 3.37. The van der Waals surface area contributed by atoms with Crippen LogP contribution in [0.3, 0.4) is 0 Å². The molecule has 2 rings (SSSR count). The predicted molar refractivity (Wildman–Crippen MR) is 41.4 cm³/mol. The van der Waals surface area contributed by atoms with Gasteiger partial charge in [-0.2, -0.15) is 5.10 Å². The van der Waals surface area contributed by atoms with Crippen molar-refractivity contribution < 1.29 is 0 Å². The van der Waals surface area contributed by atoms with E-state index in [2.05, 4.69) is 17.1 Å². The van der Waals surface area contributed by atoms with E-state index in [1.807, 2.05) is 6.07 Å². The van der Waals surface area contributed by atoms with Gasteiger partial charge < -0.3 is 0 Å². The molecule has 1 fully saturated rings. The van der Waals surface area contributed by atoms with Crippen LogP contribution in [0, 0.1) is 0 Å². The summed E-state index contributed by atoms with van der Waals surface area (Å²) in [6.07, 6.45) is 2.37. The van der Waals surface area contributed by atoms with Crippen molar-refractivity contribution >= 4 is 0 Å². The van der Waals surface area contributed by atoms with Crippen molar-refractivity contribution in [2.45, 2.75) is 25.2 Å². The largest absolute Gasteiger partial charge is 0.268 e. The summed E-state index contributed by atoms with van der Waals surface area (Å²) in [5.41, 5.74) is 1.14. The molecule has 0 aliphatic heterocycles. The number of aromatic amines is 1. The van der Waals surface area contributed by atoms with Crippen molar-refractivity contribution in [2.24, 2.45) is 0 Å². The number of hydrogen-bond donors (Lipinski definition) is 1. The van der Waals surface area contributed by atoms with Crippen LogP contribution in [0.4, 0.5) is 0 Å². The monoisotopic (exact) mass is 150 g/mol. The van der Waals surface area contributed by atoms with Crippen molar-refractivity contribution in [1.29, 1.82) is 0 Å². The van der Waals surface area contributed by atoms with E-state index in [1.54, 1.807) is 0 Å². The maximum atomic E-state index is 10.7. The van der Waals surface area contributed by atoms with E-state index in [9.17, 15) is 4.79 Å². The van der Waals surface area contributed by atoms with Gasteiger partial charge in [0.05, 0.1) is 5.69 Å². The summed E-state index contributed by atoms with van der Waals surface area (Å²) in [7, 11) is 0. The molecule has 3 nitrogen and oxygen atoms in total. The van der Waals surface area contributed by atoms with Crippen molar-refractivity contribution in [3.63, 3.8) is 0 Å². The fourth-order valence-electron chi connectivity index (χ4n) is 1.12. The van der Waals surface area contributed by atoms with Gasteiger partial charge in [0.1, 0.15) is 0 Å². The maximum Gasteiger partial charge on any atom is 0.264 e. The average molecular weight is 150 g/mol. The number of nitrogens with zero attached hydrogens (tertiary/aromatic N) is 1. The van der Waals surface area contributed by atoms with Gasteiger partial charge in [-0.25, -0.2) is 5.10 Å². The molecule has 1 N–H and O–H groups in total. The standard InChI is InChI=1S/C8H10N2O/c1-8(4-5-8)6-2-3-7(11)10-9-6/h2-3H,4-5H2,1H3,(H,10,11). The zero-order valence-electron chi connectivity index (χ0n) is 6.42. The highest BCUT2D eigenvalue weighted by Crippen LogP contribution is 2.46. The first-order valence-corrected chi connectivity index (χ1v) is 3.77. The fourth-order valence-corrected chi connectivity index (χ4v) is 1.12. The van der Waals surface area contributed by atoms with Gasteiger partial charge >= 0.3 is 0 Å². The topological polar surface area (TPSA) is 45.8 Å². The summed E-state index contributed by atoms with van der Waals surface area (Å²) >= 11 is 0. The molecule has 0 bridgehead atoms. The summed E-state index contributed by atoms with van der Waals surface area (Å²) in [6, 6.07) is 3.34. The quantitative estimate of drug-likeness (QED) is 0.644. The molecule has 1 aromatic heterocycles. The van der Waals surface area contributed by atoms with Gasteiger partial charge in [0, 0.05) is 11.5 Å². The van der Waals surface area contributed by atoms with Gasteiger partial charge in [-0.05, 0) is 18.9 Å². The third-order valence-electron chi connectivity index (χ3n) is 2.30. The minimum Gasteiger partial charge on any atom is -0.268 e. The lowest BCUT2D eigenvalue weighted by Crippen LogP contribution is -2.12. The molecule has 0 spiro atoms. The van der Waals surface area contributed by atoms with Crippen LogP contribution in [0.1, 0.15) is 25.5 Å². The summed E-state index contributed by atoms with van der Waals surface area (Å²) < 4.78 is 0. The highest BCUT2D eigenvalue weighted by molar-refractivity contribution is 5.20. The first-order valence-electron chi connectivity index (χ1n) is 3.77. The highest BCUT2D eigenvalue weighted by atomic mass is 16.1. The molecule has 0 atom stereocenters. The first-order chi connectivity index (χ1) is 5.21. The molecule has 1 aliphatic carbocycles. The minimum absolute atomic E-state index is 0.127. The Hall–Kier alpha value is -1.12. The lowest BCUT2D eigenvalue weighted by Gasteiger charge is -2.03. The number of rotatable bonds is 1. The third kappa shape index (κ3) is 1.06. The molecule has 0 radical (unpaired) electrons. The number of hydrogen-bond acceptors (Lipinski definition) is 2. The molecule has 1 aromatic rings. The fraction of sp³-hybridized carbons (Fsp3) is 0.500. The Bertz CT molecular complexity index is 305. The molecular weight excluding hydrogens is 140 g/mol. The molecule has 58 valence electrons. The Labute approximate surface area is 64.5 Å². The van der Waals surface area contributed by atoms with Crippen molar-refractivity contribution in [3.8, 4) is 0 Å². The van der Waals surface area contributed by atoms with Gasteiger partial charge in [0.2, 0.25) is 0 Å². The second kappa shape index (κ2) is 1.94. The van der Waals surface area contributed by atoms with Gasteiger partial charge in [-0.3, -0.25) is 4.79 Å². The molecule has 0 unspecified atom stereocenters. The SMILES string of the molecule is CC1(c2ccc(=O)[nH]n2)CC1. The second-order valence-corrected chi connectivity index (χ2v) is 3.37. The Morgan fingerprint density at radius 2 is 2.27 bits per heavy atom. The van der Waals surface area contributed by atoms with E-state index in [0.717, 1.165) is 5.69 Å². The third-order valence-corrected chi connectivity index (χ3v) is 2.30. The number of nitrogens with one attached hydrogen (secondary N) is 1. The minimum atomic E-state index is -0.127. The number of aromatic nitrogens is 2. The predicted octanol–water partition coefficient (Wildman–Crippen LogP) is 0.821. The Morgan fingerprint density at radius 1 is 1.55 bits per heavy atom. The summed E-state index contributed by atoms with van der Waals surface area (Å²) in [5.74, 6) is 0. The van der Waals surface area contributed by atoms with Gasteiger partial charge in [0.25, 0.3) is 5.56 Å². The van der Waals surface area contributed by atoms with Gasteiger partial charge in [-0.1, -0.05) is 6.92 Å². The lowest BCUT2D eigenvalue weighted by molar-refractivity contribution is 0.718. The van der Waals surface area contributed by atoms with Crippen LogP contribution in [0.5, 0.6) is 0 Å². The summed E-state index contributed by atoms with van der Waals surface area (Å²) in [5, 5.41) is 6.42. The van der Waals surface area contributed by atoms with Crippen LogP contribution < -0.4 is 5.56 Å². The normalized spacial score (nSPS) is 19.7. The van der Waals surface area contributed by atoms with Crippen molar-refractivity contribution in [3.05, 3.63) is 28.2 Å². The summed E-state index contributed by atoms with van der Waals surface area (Å²) in [6.45, 7) is 2.16. The van der Waals surface area contributed by atoms with Crippen molar-refractivity contribution in [2.75, 3.05) is 0 Å². The average Bonchev–Trinajstić information content (AvgIpc) is 2.70. The van der Waals surface area contributed by atoms with Crippen LogP contribution in [-0.4, -0.2) is 10.2 Å². The molecule has 1 heterocycles.